The van der Waals surface area contributed by atoms with Crippen LogP contribution in [0.1, 0.15) is 32.8 Å². The molecule has 0 aromatic heterocycles. The Balaban J connectivity index is 2.89. The van der Waals surface area contributed by atoms with Crippen molar-refractivity contribution in [1.82, 2.24) is 4.90 Å². The van der Waals surface area contributed by atoms with E-state index >= 15 is 0 Å². The Morgan fingerprint density at radius 2 is 2.00 bits per heavy atom. The Kier molecular flexibility index (Phi) is 6.89. The number of ether oxygens (including phenoxy) is 1. The third kappa shape index (κ3) is 4.43. The van der Waals surface area contributed by atoms with E-state index in [0.717, 1.165) is 31.4 Å². The lowest BCUT2D eigenvalue weighted by molar-refractivity contribution is -0.113. The Hall–Kier alpha value is -1.19. The van der Waals surface area contributed by atoms with Gasteiger partial charge in [0.15, 0.2) is 0 Å². The van der Waals surface area contributed by atoms with Crippen LogP contribution >= 0.6 is 0 Å². The van der Waals surface area contributed by atoms with Crippen molar-refractivity contribution in [3.63, 3.8) is 0 Å². The van der Waals surface area contributed by atoms with Crippen LogP contribution in [0, 0.1) is 0 Å². The molecule has 1 aromatic carbocycles. The average molecular weight is 277 g/mol. The highest BCUT2D eigenvalue weighted by Gasteiger charge is 2.30. The van der Waals surface area contributed by atoms with E-state index in [9.17, 15) is 4.79 Å². The average Bonchev–Trinajstić information content (AvgIpc) is 2.51. The molecule has 3 heteroatoms. The second kappa shape index (κ2) is 8.18. The summed E-state index contributed by atoms with van der Waals surface area (Å²) in [6.07, 6.45) is 2.14. The van der Waals surface area contributed by atoms with Gasteiger partial charge < -0.3 is 9.53 Å². The van der Waals surface area contributed by atoms with E-state index in [1.807, 2.05) is 37.3 Å². The molecule has 3 nitrogen and oxygen atoms in total. The molecule has 0 bridgehead atoms. The van der Waals surface area contributed by atoms with E-state index in [2.05, 4.69) is 18.7 Å². The van der Waals surface area contributed by atoms with E-state index in [1.54, 1.807) is 7.11 Å². The van der Waals surface area contributed by atoms with Gasteiger partial charge in [-0.3, -0.25) is 4.90 Å². The standard InChI is InChI=1S/C17H27NO2/c1-5-15(2)18(11-12-20-4)13-17(3,14-19)16-9-7-6-8-10-16/h6-10,14-15H,5,11-13H2,1-4H3. The third-order valence-corrected chi connectivity index (χ3v) is 4.02. The number of methoxy groups -OCH3 is 1. The first kappa shape index (κ1) is 16.9. The van der Waals surface area contributed by atoms with Gasteiger partial charge in [-0.25, -0.2) is 0 Å². The SMILES string of the molecule is CCC(C)N(CCOC)CC(C)(C=O)c1ccccc1. The van der Waals surface area contributed by atoms with Crippen molar-refractivity contribution in [2.24, 2.45) is 0 Å². The second-order valence-corrected chi connectivity index (χ2v) is 5.62. The van der Waals surface area contributed by atoms with Crippen molar-refractivity contribution >= 4 is 6.29 Å². The Morgan fingerprint density at radius 3 is 2.50 bits per heavy atom. The van der Waals surface area contributed by atoms with Gasteiger partial charge in [0, 0.05) is 26.2 Å². The predicted octanol–water partition coefficient (Wildman–Crippen LogP) is 2.89. The molecule has 0 aliphatic heterocycles. The highest BCUT2D eigenvalue weighted by atomic mass is 16.5. The first-order valence-electron chi connectivity index (χ1n) is 7.32. The largest absolute Gasteiger partial charge is 0.383 e. The van der Waals surface area contributed by atoms with Gasteiger partial charge >= 0.3 is 0 Å². The first-order valence-corrected chi connectivity index (χ1v) is 7.32. The van der Waals surface area contributed by atoms with Crippen LogP contribution in [0.3, 0.4) is 0 Å². The highest BCUT2D eigenvalue weighted by Crippen LogP contribution is 2.24. The smallest absolute Gasteiger partial charge is 0.131 e. The number of carbonyl (C=O) groups is 1. The third-order valence-electron chi connectivity index (χ3n) is 4.02. The van der Waals surface area contributed by atoms with Gasteiger partial charge in [-0.1, -0.05) is 37.3 Å². The van der Waals surface area contributed by atoms with Gasteiger partial charge in [-0.2, -0.15) is 0 Å². The molecule has 0 aliphatic rings. The van der Waals surface area contributed by atoms with E-state index in [-0.39, 0.29) is 0 Å². The monoisotopic (exact) mass is 277 g/mol. The van der Waals surface area contributed by atoms with Crippen molar-refractivity contribution in [2.75, 3.05) is 26.8 Å². The van der Waals surface area contributed by atoms with Crippen LogP contribution in [0.2, 0.25) is 0 Å². The molecule has 0 spiro atoms. The Morgan fingerprint density at radius 1 is 1.35 bits per heavy atom. The molecule has 1 aromatic rings. The molecule has 0 radical (unpaired) electrons. The molecule has 0 fully saturated rings. The van der Waals surface area contributed by atoms with E-state index < -0.39 is 5.41 Å². The van der Waals surface area contributed by atoms with Crippen molar-refractivity contribution in [2.45, 2.75) is 38.6 Å². The quantitative estimate of drug-likeness (QED) is 0.650. The van der Waals surface area contributed by atoms with Crippen LogP contribution in [0.15, 0.2) is 30.3 Å². The van der Waals surface area contributed by atoms with Gasteiger partial charge in [-0.05, 0) is 25.8 Å². The zero-order chi connectivity index (χ0) is 15.0. The summed E-state index contributed by atoms with van der Waals surface area (Å²) in [6.45, 7) is 8.64. The van der Waals surface area contributed by atoms with Gasteiger partial charge in [0.2, 0.25) is 0 Å². The van der Waals surface area contributed by atoms with E-state index in [4.69, 9.17) is 4.74 Å². The lowest BCUT2D eigenvalue weighted by Gasteiger charge is -2.35. The number of nitrogens with zero attached hydrogens (tertiary/aromatic N) is 1. The predicted molar refractivity (Wildman–Crippen MR) is 83.1 cm³/mol. The maximum atomic E-state index is 11.7. The summed E-state index contributed by atoms with van der Waals surface area (Å²) >= 11 is 0. The first-order chi connectivity index (χ1) is 9.57. The summed E-state index contributed by atoms with van der Waals surface area (Å²) < 4.78 is 5.19. The van der Waals surface area contributed by atoms with E-state index in [0.29, 0.717) is 12.6 Å². The van der Waals surface area contributed by atoms with Crippen molar-refractivity contribution < 1.29 is 9.53 Å². The van der Waals surface area contributed by atoms with Crippen LogP contribution < -0.4 is 0 Å². The fourth-order valence-electron chi connectivity index (χ4n) is 2.36. The Bertz CT molecular complexity index is 393. The molecule has 0 saturated carbocycles. The summed E-state index contributed by atoms with van der Waals surface area (Å²) in [4.78, 5) is 14.0. The lowest BCUT2D eigenvalue weighted by Crippen LogP contribution is -2.45. The molecule has 112 valence electrons. The minimum absolute atomic E-state index is 0.438. The second-order valence-electron chi connectivity index (χ2n) is 5.62. The molecular weight excluding hydrogens is 250 g/mol. The fourth-order valence-corrected chi connectivity index (χ4v) is 2.36. The van der Waals surface area contributed by atoms with Crippen molar-refractivity contribution in [1.29, 1.82) is 0 Å². The molecule has 0 saturated heterocycles. The molecule has 0 amide bonds. The summed E-state index contributed by atoms with van der Waals surface area (Å²) in [6, 6.07) is 10.4. The molecule has 0 heterocycles. The molecule has 0 aliphatic carbocycles. The van der Waals surface area contributed by atoms with Crippen LogP contribution in [-0.2, 0) is 14.9 Å². The highest BCUT2D eigenvalue weighted by molar-refractivity contribution is 5.68. The summed E-state index contributed by atoms with van der Waals surface area (Å²) in [5, 5.41) is 0. The minimum atomic E-state index is -0.474. The van der Waals surface area contributed by atoms with Gasteiger partial charge in [-0.15, -0.1) is 0 Å². The fraction of sp³-hybridized carbons (Fsp3) is 0.588. The minimum Gasteiger partial charge on any atom is -0.383 e. The molecular formula is C17H27NO2. The van der Waals surface area contributed by atoms with Gasteiger partial charge in [0.1, 0.15) is 6.29 Å². The summed E-state index contributed by atoms with van der Waals surface area (Å²) in [7, 11) is 1.71. The van der Waals surface area contributed by atoms with E-state index in [1.165, 1.54) is 0 Å². The zero-order valence-corrected chi connectivity index (χ0v) is 13.1. The number of hydrogen-bond donors (Lipinski definition) is 0. The van der Waals surface area contributed by atoms with Crippen LogP contribution in [0.4, 0.5) is 0 Å². The normalized spacial score (nSPS) is 15.8. The topological polar surface area (TPSA) is 29.5 Å². The summed E-state index contributed by atoms with van der Waals surface area (Å²) in [5.74, 6) is 0. The van der Waals surface area contributed by atoms with Gasteiger partial charge in [0.25, 0.3) is 0 Å². The maximum absolute atomic E-state index is 11.7. The number of carbonyl (C=O) groups excluding carboxylic acids is 1. The molecule has 0 N–H and O–H groups in total. The Labute approximate surface area is 122 Å². The molecule has 2 unspecified atom stereocenters. The molecule has 2 atom stereocenters. The van der Waals surface area contributed by atoms with Crippen LogP contribution in [0.25, 0.3) is 0 Å². The van der Waals surface area contributed by atoms with Crippen molar-refractivity contribution in [3.05, 3.63) is 35.9 Å². The number of rotatable bonds is 9. The van der Waals surface area contributed by atoms with Crippen LogP contribution in [-0.4, -0.2) is 44.0 Å². The summed E-state index contributed by atoms with van der Waals surface area (Å²) in [5.41, 5.74) is 0.596. The lowest BCUT2D eigenvalue weighted by atomic mass is 9.83. The molecule has 1 rings (SSSR count). The number of aldehydes is 1. The number of benzene rings is 1. The van der Waals surface area contributed by atoms with Gasteiger partial charge in [0.05, 0.1) is 12.0 Å². The molecule has 20 heavy (non-hydrogen) atoms. The maximum Gasteiger partial charge on any atom is 0.131 e. The van der Waals surface area contributed by atoms with Crippen LogP contribution in [0.5, 0.6) is 0 Å². The van der Waals surface area contributed by atoms with Crippen molar-refractivity contribution in [3.8, 4) is 0 Å². The zero-order valence-electron chi connectivity index (χ0n) is 13.1. The number of hydrogen-bond acceptors (Lipinski definition) is 3.